The first-order valence-corrected chi connectivity index (χ1v) is 12.8. The Bertz CT molecular complexity index is 1130. The number of unbranched alkanes of at least 4 members (excludes halogenated alkanes) is 1. The van der Waals surface area contributed by atoms with E-state index in [0.29, 0.717) is 23.7 Å². The number of hydrogen-bond acceptors (Lipinski definition) is 3. The summed E-state index contributed by atoms with van der Waals surface area (Å²) < 4.78 is 5.95. The average molecular weight is 507 g/mol. The number of rotatable bonds is 12. The third-order valence-corrected chi connectivity index (χ3v) is 6.52. The van der Waals surface area contributed by atoms with Crippen molar-refractivity contribution in [3.05, 3.63) is 100 Å². The van der Waals surface area contributed by atoms with Crippen LogP contribution >= 0.6 is 11.6 Å². The first-order chi connectivity index (χ1) is 17.4. The fourth-order valence-corrected chi connectivity index (χ4v) is 4.08. The minimum Gasteiger partial charge on any atom is -0.483 e. The highest BCUT2D eigenvalue weighted by Crippen LogP contribution is 2.22. The van der Waals surface area contributed by atoms with E-state index in [1.165, 1.54) is 0 Å². The molecule has 6 heteroatoms. The molecule has 190 valence electrons. The fraction of sp³-hybridized carbons (Fsp3) is 0.333. The molecule has 3 rings (SSSR count). The lowest BCUT2D eigenvalue weighted by molar-refractivity contribution is -0.142. The Morgan fingerprint density at radius 3 is 2.36 bits per heavy atom. The van der Waals surface area contributed by atoms with E-state index in [1.807, 2.05) is 74.5 Å². The van der Waals surface area contributed by atoms with Gasteiger partial charge in [-0.15, -0.1) is 0 Å². The van der Waals surface area contributed by atoms with Crippen molar-refractivity contribution in [2.45, 2.75) is 52.6 Å². The van der Waals surface area contributed by atoms with Crippen LogP contribution in [0.4, 0.5) is 0 Å². The maximum absolute atomic E-state index is 13.6. The first-order valence-electron chi connectivity index (χ1n) is 12.4. The smallest absolute Gasteiger partial charge is 0.261 e. The highest BCUT2D eigenvalue weighted by atomic mass is 35.5. The van der Waals surface area contributed by atoms with Gasteiger partial charge in [0.1, 0.15) is 11.8 Å². The van der Waals surface area contributed by atoms with Crippen LogP contribution in [0.15, 0.2) is 72.8 Å². The summed E-state index contributed by atoms with van der Waals surface area (Å²) in [5.74, 6) is 0.251. The topological polar surface area (TPSA) is 58.6 Å². The molecule has 3 aromatic carbocycles. The normalized spacial score (nSPS) is 11.6. The molecule has 0 aliphatic rings. The van der Waals surface area contributed by atoms with Crippen LogP contribution in [0.25, 0.3) is 0 Å². The maximum Gasteiger partial charge on any atom is 0.261 e. The molecule has 0 aliphatic carbocycles. The quantitative estimate of drug-likeness (QED) is 0.311. The highest BCUT2D eigenvalue weighted by Gasteiger charge is 2.30. The molecule has 1 unspecified atom stereocenters. The molecular formula is C30H35ClN2O3. The average Bonchev–Trinajstić information content (AvgIpc) is 2.88. The number of carbonyl (C=O) groups excluding carboxylic acids is 2. The number of carbonyl (C=O) groups is 2. The lowest BCUT2D eigenvalue weighted by atomic mass is 10.0. The van der Waals surface area contributed by atoms with Crippen LogP contribution in [0.3, 0.4) is 0 Å². The zero-order chi connectivity index (χ0) is 25.9. The van der Waals surface area contributed by atoms with Crippen molar-refractivity contribution >= 4 is 23.4 Å². The number of nitrogens with one attached hydrogen (secondary N) is 1. The number of nitrogens with zero attached hydrogens (tertiary/aromatic N) is 1. The van der Waals surface area contributed by atoms with Crippen molar-refractivity contribution in [3.63, 3.8) is 0 Å². The Morgan fingerprint density at radius 2 is 1.67 bits per heavy atom. The van der Waals surface area contributed by atoms with Gasteiger partial charge in [-0.05, 0) is 60.7 Å². The van der Waals surface area contributed by atoms with Crippen molar-refractivity contribution in [1.82, 2.24) is 10.2 Å². The van der Waals surface area contributed by atoms with Gasteiger partial charge in [-0.2, -0.15) is 0 Å². The van der Waals surface area contributed by atoms with Gasteiger partial charge in [-0.1, -0.05) is 79.5 Å². The SMILES string of the molecule is CCCCNC(=O)C(Cc1ccccc1)N(Cc1ccc(Cl)cc1)C(=O)COc1cccc(C)c1C. The van der Waals surface area contributed by atoms with E-state index in [4.69, 9.17) is 16.3 Å². The number of hydrogen-bond donors (Lipinski definition) is 1. The summed E-state index contributed by atoms with van der Waals surface area (Å²) in [5, 5.41) is 3.65. The molecule has 0 aliphatic heterocycles. The van der Waals surface area contributed by atoms with Crippen LogP contribution in [-0.2, 0) is 22.6 Å². The predicted octanol–water partition coefficient (Wildman–Crippen LogP) is 5.89. The minimum absolute atomic E-state index is 0.161. The van der Waals surface area contributed by atoms with Crippen LogP contribution in [0, 0.1) is 13.8 Å². The Kier molecular flexibility index (Phi) is 10.4. The van der Waals surface area contributed by atoms with Crippen LogP contribution in [-0.4, -0.2) is 35.9 Å². The zero-order valence-electron chi connectivity index (χ0n) is 21.3. The molecule has 0 spiro atoms. The van der Waals surface area contributed by atoms with E-state index in [-0.39, 0.29) is 25.0 Å². The number of halogens is 1. The second-order valence-corrected chi connectivity index (χ2v) is 9.42. The molecule has 5 nitrogen and oxygen atoms in total. The van der Waals surface area contributed by atoms with Gasteiger partial charge in [0.25, 0.3) is 5.91 Å². The van der Waals surface area contributed by atoms with Crippen LogP contribution < -0.4 is 10.1 Å². The Labute approximate surface area is 219 Å². The summed E-state index contributed by atoms with van der Waals surface area (Å²) in [6, 6.07) is 22.2. The molecule has 2 amide bonds. The van der Waals surface area contributed by atoms with Crippen LogP contribution in [0.2, 0.25) is 5.02 Å². The molecule has 1 N–H and O–H groups in total. The molecule has 0 heterocycles. The Hall–Kier alpha value is -3.31. The number of amides is 2. The van der Waals surface area contributed by atoms with Gasteiger partial charge in [0, 0.05) is 24.5 Å². The molecule has 3 aromatic rings. The maximum atomic E-state index is 13.6. The van der Waals surface area contributed by atoms with Crippen molar-refractivity contribution in [1.29, 1.82) is 0 Å². The molecule has 1 atom stereocenters. The van der Waals surface area contributed by atoms with Gasteiger partial charge in [0.05, 0.1) is 0 Å². The van der Waals surface area contributed by atoms with E-state index in [0.717, 1.165) is 35.1 Å². The zero-order valence-corrected chi connectivity index (χ0v) is 22.1. The third-order valence-electron chi connectivity index (χ3n) is 6.27. The predicted molar refractivity (Wildman–Crippen MR) is 145 cm³/mol. The second kappa shape index (κ2) is 13.7. The number of ether oxygens (including phenoxy) is 1. The second-order valence-electron chi connectivity index (χ2n) is 8.98. The molecule has 0 saturated carbocycles. The lowest BCUT2D eigenvalue weighted by Crippen LogP contribution is -2.51. The van der Waals surface area contributed by atoms with E-state index >= 15 is 0 Å². The summed E-state index contributed by atoms with van der Waals surface area (Å²) in [5.41, 5.74) is 3.96. The molecule has 36 heavy (non-hydrogen) atoms. The number of aryl methyl sites for hydroxylation is 1. The van der Waals surface area contributed by atoms with Gasteiger partial charge in [-0.3, -0.25) is 9.59 Å². The molecule has 0 saturated heterocycles. The molecule has 0 aromatic heterocycles. The molecular weight excluding hydrogens is 472 g/mol. The van der Waals surface area contributed by atoms with Gasteiger partial charge in [-0.25, -0.2) is 0 Å². The summed E-state index contributed by atoms with van der Waals surface area (Å²) in [7, 11) is 0. The fourth-order valence-electron chi connectivity index (χ4n) is 3.95. The van der Waals surface area contributed by atoms with Crippen molar-refractivity contribution in [2.24, 2.45) is 0 Å². The van der Waals surface area contributed by atoms with Gasteiger partial charge < -0.3 is 15.0 Å². The van der Waals surface area contributed by atoms with E-state index in [9.17, 15) is 9.59 Å². The largest absolute Gasteiger partial charge is 0.483 e. The van der Waals surface area contributed by atoms with Gasteiger partial charge in [0.15, 0.2) is 6.61 Å². The molecule has 0 fully saturated rings. The highest BCUT2D eigenvalue weighted by molar-refractivity contribution is 6.30. The van der Waals surface area contributed by atoms with Crippen LogP contribution in [0.1, 0.15) is 42.0 Å². The van der Waals surface area contributed by atoms with E-state index in [2.05, 4.69) is 12.2 Å². The lowest BCUT2D eigenvalue weighted by Gasteiger charge is -2.31. The Morgan fingerprint density at radius 1 is 0.944 bits per heavy atom. The minimum atomic E-state index is -0.686. The van der Waals surface area contributed by atoms with Crippen molar-refractivity contribution in [2.75, 3.05) is 13.2 Å². The molecule has 0 radical (unpaired) electrons. The summed E-state index contributed by atoms with van der Waals surface area (Å²) >= 11 is 6.08. The van der Waals surface area contributed by atoms with Gasteiger partial charge in [0.2, 0.25) is 5.91 Å². The molecule has 0 bridgehead atoms. The summed E-state index contributed by atoms with van der Waals surface area (Å²) in [6.07, 6.45) is 2.26. The van der Waals surface area contributed by atoms with E-state index in [1.54, 1.807) is 17.0 Å². The van der Waals surface area contributed by atoms with Crippen LogP contribution in [0.5, 0.6) is 5.75 Å². The third kappa shape index (κ3) is 7.85. The summed E-state index contributed by atoms with van der Waals surface area (Å²) in [4.78, 5) is 28.7. The van der Waals surface area contributed by atoms with Gasteiger partial charge >= 0.3 is 0 Å². The van der Waals surface area contributed by atoms with E-state index < -0.39 is 6.04 Å². The standard InChI is InChI=1S/C30H35ClN2O3/c1-4-5-18-32-30(35)27(19-24-11-7-6-8-12-24)33(20-25-14-16-26(31)17-15-25)29(34)21-36-28-13-9-10-22(2)23(28)3/h6-17,27H,4-5,18-21H2,1-3H3,(H,32,35). The number of benzene rings is 3. The van der Waals surface area contributed by atoms with Crippen molar-refractivity contribution in [3.8, 4) is 5.75 Å². The van der Waals surface area contributed by atoms with Crippen molar-refractivity contribution < 1.29 is 14.3 Å². The monoisotopic (exact) mass is 506 g/mol. The first kappa shape index (κ1) is 27.3. The Balaban J connectivity index is 1.89. The summed E-state index contributed by atoms with van der Waals surface area (Å²) in [6.45, 7) is 6.74.